The monoisotopic (exact) mass is 386 g/mol. The van der Waals surface area contributed by atoms with E-state index < -0.39 is 0 Å². The Kier molecular flexibility index (Phi) is 6.40. The van der Waals surface area contributed by atoms with Crippen LogP contribution in [0.4, 0.5) is 4.39 Å². The quantitative estimate of drug-likeness (QED) is 0.526. The first-order valence-corrected chi connectivity index (χ1v) is 10.0. The van der Waals surface area contributed by atoms with Gasteiger partial charge < -0.3 is 9.30 Å². The van der Waals surface area contributed by atoms with Gasteiger partial charge in [0.05, 0.1) is 16.8 Å². The van der Waals surface area contributed by atoms with Gasteiger partial charge in [0.15, 0.2) is 4.80 Å². The second-order valence-electron chi connectivity index (χ2n) is 6.30. The molecule has 1 amide bonds. The minimum atomic E-state index is -0.326. The molecule has 0 bridgehead atoms. The number of aryl methyl sites for hydroxylation is 1. The van der Waals surface area contributed by atoms with Gasteiger partial charge >= 0.3 is 0 Å². The van der Waals surface area contributed by atoms with Crippen LogP contribution in [0, 0.1) is 5.82 Å². The van der Waals surface area contributed by atoms with Gasteiger partial charge in [-0.25, -0.2) is 4.39 Å². The lowest BCUT2D eigenvalue weighted by molar-refractivity contribution is 0.0997. The van der Waals surface area contributed by atoms with Gasteiger partial charge in [-0.3, -0.25) is 4.79 Å². The van der Waals surface area contributed by atoms with Gasteiger partial charge in [-0.2, -0.15) is 4.99 Å². The molecule has 0 aliphatic rings. The molecule has 142 valence electrons. The smallest absolute Gasteiger partial charge is 0.279 e. The summed E-state index contributed by atoms with van der Waals surface area (Å²) in [5.74, 6) is 0.0550. The van der Waals surface area contributed by atoms with Crippen LogP contribution < -0.4 is 9.54 Å². The van der Waals surface area contributed by atoms with Crippen LogP contribution in [-0.2, 0) is 6.54 Å². The number of amides is 1. The minimum absolute atomic E-state index is 0.290. The summed E-state index contributed by atoms with van der Waals surface area (Å²) < 4.78 is 22.0. The SMILES string of the molecule is CCCCOc1cccc(C(=O)N=c2sc3cc(F)ccc3n2CCC)c1. The van der Waals surface area contributed by atoms with Gasteiger partial charge in [0.1, 0.15) is 11.6 Å². The number of carbonyl (C=O) groups excluding carboxylic acids is 1. The largest absolute Gasteiger partial charge is 0.494 e. The standard InChI is InChI=1S/C21H23FN2O2S/c1-3-5-12-26-17-8-6-7-15(13-17)20(25)23-21-24(11-4-2)18-10-9-16(22)14-19(18)27-21/h6-10,13-14H,3-5,11-12H2,1-2H3. The molecule has 27 heavy (non-hydrogen) atoms. The van der Waals surface area contributed by atoms with E-state index in [2.05, 4.69) is 18.8 Å². The highest BCUT2D eigenvalue weighted by atomic mass is 32.1. The summed E-state index contributed by atoms with van der Waals surface area (Å²) in [6.07, 6.45) is 2.92. The van der Waals surface area contributed by atoms with Gasteiger partial charge in [-0.05, 0) is 49.2 Å². The van der Waals surface area contributed by atoms with Crippen molar-refractivity contribution in [3.8, 4) is 5.75 Å². The minimum Gasteiger partial charge on any atom is -0.494 e. The summed E-state index contributed by atoms with van der Waals surface area (Å²) in [6.45, 7) is 5.51. The van der Waals surface area contributed by atoms with E-state index in [0.29, 0.717) is 22.7 Å². The molecule has 0 fully saturated rings. The van der Waals surface area contributed by atoms with Crippen molar-refractivity contribution >= 4 is 27.5 Å². The second kappa shape index (κ2) is 8.95. The van der Waals surface area contributed by atoms with Gasteiger partial charge in [-0.1, -0.05) is 37.7 Å². The molecule has 3 aromatic rings. The summed E-state index contributed by atoms with van der Waals surface area (Å²) in [4.78, 5) is 17.6. The molecule has 1 aromatic heterocycles. The fraction of sp³-hybridized carbons (Fsp3) is 0.333. The van der Waals surface area contributed by atoms with E-state index in [-0.39, 0.29) is 11.7 Å². The molecule has 0 atom stereocenters. The zero-order valence-electron chi connectivity index (χ0n) is 15.6. The lowest BCUT2D eigenvalue weighted by Crippen LogP contribution is -2.16. The first-order valence-electron chi connectivity index (χ1n) is 9.23. The van der Waals surface area contributed by atoms with E-state index in [4.69, 9.17) is 4.74 Å². The normalized spacial score (nSPS) is 11.9. The molecule has 0 radical (unpaired) electrons. The Morgan fingerprint density at radius 2 is 2.04 bits per heavy atom. The lowest BCUT2D eigenvalue weighted by atomic mass is 10.2. The molecule has 0 unspecified atom stereocenters. The van der Waals surface area contributed by atoms with E-state index in [9.17, 15) is 9.18 Å². The fourth-order valence-electron chi connectivity index (χ4n) is 2.78. The van der Waals surface area contributed by atoms with Crippen molar-refractivity contribution in [3.63, 3.8) is 0 Å². The first kappa shape index (κ1) is 19.3. The first-order chi connectivity index (χ1) is 13.1. The molecule has 4 nitrogen and oxygen atoms in total. The van der Waals surface area contributed by atoms with Gasteiger partial charge in [0.25, 0.3) is 5.91 Å². The molecule has 0 spiro atoms. The van der Waals surface area contributed by atoms with E-state index in [1.807, 2.05) is 10.6 Å². The van der Waals surface area contributed by atoms with Gasteiger partial charge in [-0.15, -0.1) is 0 Å². The number of halogens is 1. The van der Waals surface area contributed by atoms with E-state index in [0.717, 1.165) is 36.0 Å². The Morgan fingerprint density at radius 3 is 2.81 bits per heavy atom. The van der Waals surface area contributed by atoms with Crippen molar-refractivity contribution in [2.45, 2.75) is 39.7 Å². The molecule has 0 aliphatic carbocycles. The number of thiazole rings is 1. The lowest BCUT2D eigenvalue weighted by Gasteiger charge is -2.06. The van der Waals surface area contributed by atoms with Crippen molar-refractivity contribution in [3.05, 3.63) is 58.6 Å². The summed E-state index contributed by atoms with van der Waals surface area (Å²) in [5.41, 5.74) is 1.38. The van der Waals surface area contributed by atoms with E-state index in [1.54, 1.807) is 24.3 Å². The maximum atomic E-state index is 13.5. The van der Waals surface area contributed by atoms with Crippen molar-refractivity contribution in [2.75, 3.05) is 6.61 Å². The Bertz CT molecular complexity index is 1010. The molecule has 0 saturated heterocycles. The number of benzene rings is 2. The molecular weight excluding hydrogens is 363 g/mol. The zero-order chi connectivity index (χ0) is 19.2. The van der Waals surface area contributed by atoms with Crippen LogP contribution in [0.1, 0.15) is 43.5 Å². The van der Waals surface area contributed by atoms with E-state index in [1.165, 1.54) is 23.5 Å². The molecule has 0 N–H and O–H groups in total. The second-order valence-corrected chi connectivity index (χ2v) is 7.30. The van der Waals surface area contributed by atoms with Crippen LogP contribution in [0.15, 0.2) is 47.5 Å². The van der Waals surface area contributed by atoms with Crippen LogP contribution in [-0.4, -0.2) is 17.1 Å². The Balaban J connectivity index is 1.95. The number of ether oxygens (including phenoxy) is 1. The third-order valence-electron chi connectivity index (χ3n) is 4.14. The molecule has 3 rings (SSSR count). The van der Waals surface area contributed by atoms with Crippen LogP contribution in [0.2, 0.25) is 0 Å². The number of nitrogens with zero attached hydrogens (tertiary/aromatic N) is 2. The van der Waals surface area contributed by atoms with Gasteiger partial charge in [0, 0.05) is 12.1 Å². The Hall–Kier alpha value is -2.47. The summed E-state index contributed by atoms with van der Waals surface area (Å²) in [5, 5.41) is 0. The van der Waals surface area contributed by atoms with Gasteiger partial charge in [0.2, 0.25) is 0 Å². The number of rotatable bonds is 7. The van der Waals surface area contributed by atoms with Crippen molar-refractivity contribution in [1.82, 2.24) is 4.57 Å². The van der Waals surface area contributed by atoms with Crippen LogP contribution in [0.25, 0.3) is 10.2 Å². The van der Waals surface area contributed by atoms with Crippen LogP contribution >= 0.6 is 11.3 Å². The zero-order valence-corrected chi connectivity index (χ0v) is 16.4. The number of carbonyl (C=O) groups is 1. The maximum Gasteiger partial charge on any atom is 0.279 e. The highest BCUT2D eigenvalue weighted by molar-refractivity contribution is 7.16. The molecule has 2 aromatic carbocycles. The predicted octanol–water partition coefficient (Wildman–Crippen LogP) is 5.17. The predicted molar refractivity (Wildman–Crippen MR) is 107 cm³/mol. The number of hydrogen-bond acceptors (Lipinski definition) is 3. The fourth-order valence-corrected chi connectivity index (χ4v) is 3.86. The molecule has 0 aliphatic heterocycles. The average molecular weight is 386 g/mol. The number of unbranched alkanes of at least 4 members (excludes halogenated alkanes) is 1. The third-order valence-corrected chi connectivity index (χ3v) is 5.18. The van der Waals surface area contributed by atoms with Crippen LogP contribution in [0.5, 0.6) is 5.75 Å². The number of aromatic nitrogens is 1. The topological polar surface area (TPSA) is 43.6 Å². The maximum absolute atomic E-state index is 13.5. The molecule has 6 heteroatoms. The summed E-state index contributed by atoms with van der Waals surface area (Å²) in [6, 6.07) is 11.7. The Labute approximate surface area is 161 Å². The molecule has 0 saturated carbocycles. The third kappa shape index (κ3) is 4.63. The number of fused-ring (bicyclic) bond motifs is 1. The molecular formula is C21H23FN2O2S. The van der Waals surface area contributed by atoms with Crippen molar-refractivity contribution in [2.24, 2.45) is 4.99 Å². The van der Waals surface area contributed by atoms with Crippen molar-refractivity contribution < 1.29 is 13.9 Å². The highest BCUT2D eigenvalue weighted by Crippen LogP contribution is 2.19. The summed E-state index contributed by atoms with van der Waals surface area (Å²) in [7, 11) is 0. The molecule has 1 heterocycles. The average Bonchev–Trinajstić information content (AvgIpc) is 2.99. The summed E-state index contributed by atoms with van der Waals surface area (Å²) >= 11 is 1.33. The van der Waals surface area contributed by atoms with E-state index >= 15 is 0 Å². The number of hydrogen-bond donors (Lipinski definition) is 0. The van der Waals surface area contributed by atoms with Crippen LogP contribution in [0.3, 0.4) is 0 Å². The van der Waals surface area contributed by atoms with Crippen molar-refractivity contribution in [1.29, 1.82) is 0 Å². The Morgan fingerprint density at radius 1 is 1.19 bits per heavy atom. The highest BCUT2D eigenvalue weighted by Gasteiger charge is 2.10.